The maximum Gasteiger partial charge on any atom is 0.260 e. The van der Waals surface area contributed by atoms with E-state index in [9.17, 15) is 4.79 Å². The Morgan fingerprint density at radius 1 is 1.07 bits per heavy atom. The first-order valence-electron chi connectivity index (χ1n) is 9.79. The number of anilines is 1. The number of hydrogen-bond donors (Lipinski definition) is 0. The molecule has 7 heteroatoms. The molecule has 0 atom stereocenters. The average molecular weight is 404 g/mol. The molecule has 0 unspecified atom stereocenters. The highest BCUT2D eigenvalue weighted by Gasteiger charge is 2.32. The van der Waals surface area contributed by atoms with Crippen LogP contribution in [0.1, 0.15) is 47.1 Å². The number of rotatable bonds is 5. The van der Waals surface area contributed by atoms with Crippen LogP contribution in [0.15, 0.2) is 36.7 Å². The molecule has 30 heavy (non-hydrogen) atoms. The van der Waals surface area contributed by atoms with Gasteiger partial charge in [-0.25, -0.2) is 4.98 Å². The molecule has 0 saturated heterocycles. The molecular formula is C23H24N4O3. The molecule has 0 radical (unpaired) electrons. The number of hydrogen-bond acceptors (Lipinski definition) is 6. The van der Waals surface area contributed by atoms with Crippen molar-refractivity contribution >= 4 is 11.6 Å². The minimum absolute atomic E-state index is 0.0499. The Hall–Kier alpha value is -3.48. The second-order valence-corrected chi connectivity index (χ2v) is 7.57. The van der Waals surface area contributed by atoms with Gasteiger partial charge < -0.3 is 14.4 Å². The molecule has 0 spiro atoms. The third kappa shape index (κ3) is 3.36. The van der Waals surface area contributed by atoms with Crippen molar-refractivity contribution in [2.24, 2.45) is 0 Å². The number of carbonyl (C=O) groups excluding carboxylic acids is 1. The van der Waals surface area contributed by atoms with Crippen LogP contribution in [0, 0.1) is 6.92 Å². The Kier molecular flexibility index (Phi) is 5.11. The summed E-state index contributed by atoms with van der Waals surface area (Å²) in [5.41, 5.74) is 5.59. The number of nitrogens with zero attached hydrogens (tertiary/aromatic N) is 4. The Morgan fingerprint density at radius 2 is 1.87 bits per heavy atom. The fourth-order valence-corrected chi connectivity index (χ4v) is 3.63. The van der Waals surface area contributed by atoms with E-state index >= 15 is 0 Å². The molecule has 0 aromatic carbocycles. The number of aryl methyl sites for hydroxylation is 1. The van der Waals surface area contributed by atoms with Crippen LogP contribution < -0.4 is 14.4 Å². The second kappa shape index (κ2) is 7.74. The summed E-state index contributed by atoms with van der Waals surface area (Å²) in [6, 6.07) is 7.66. The zero-order valence-corrected chi connectivity index (χ0v) is 17.8. The van der Waals surface area contributed by atoms with Gasteiger partial charge in [0.25, 0.3) is 11.8 Å². The summed E-state index contributed by atoms with van der Waals surface area (Å²) in [7, 11) is 3.12. The molecule has 1 aliphatic heterocycles. The van der Waals surface area contributed by atoms with Crippen molar-refractivity contribution in [2.75, 3.05) is 19.1 Å². The summed E-state index contributed by atoms with van der Waals surface area (Å²) in [4.78, 5) is 28.4. The molecule has 0 bridgehead atoms. The van der Waals surface area contributed by atoms with Crippen LogP contribution in [0.25, 0.3) is 11.3 Å². The number of pyridine rings is 3. The van der Waals surface area contributed by atoms with Gasteiger partial charge in [-0.2, -0.15) is 0 Å². The summed E-state index contributed by atoms with van der Waals surface area (Å²) in [6.45, 7) is 6.53. The lowest BCUT2D eigenvalue weighted by Gasteiger charge is -2.16. The number of carbonyl (C=O) groups is 1. The van der Waals surface area contributed by atoms with Crippen molar-refractivity contribution in [3.05, 3.63) is 59.2 Å². The number of ether oxygens (including phenoxy) is 2. The fourth-order valence-electron chi connectivity index (χ4n) is 3.63. The van der Waals surface area contributed by atoms with Crippen LogP contribution in [0.2, 0.25) is 0 Å². The summed E-state index contributed by atoms with van der Waals surface area (Å²) in [6.07, 6.45) is 3.45. The van der Waals surface area contributed by atoms with Gasteiger partial charge in [-0.15, -0.1) is 0 Å². The lowest BCUT2D eigenvalue weighted by atomic mass is 10.0. The number of aromatic nitrogens is 3. The molecule has 3 aromatic rings. The van der Waals surface area contributed by atoms with Crippen LogP contribution >= 0.6 is 0 Å². The van der Waals surface area contributed by atoms with E-state index in [1.54, 1.807) is 31.5 Å². The van der Waals surface area contributed by atoms with E-state index in [0.717, 1.165) is 33.9 Å². The minimum Gasteiger partial charge on any atom is -0.491 e. The molecule has 3 aromatic heterocycles. The minimum atomic E-state index is -0.0499. The standard InChI is InChI=1S/C23H24N4O3/c1-13(2)17-7-6-16(11-24-17)27-12-19-21(23(27)28)14(3)8-18(26-19)15-9-20(29-4)22(30-5)25-10-15/h6-11,13H,12H2,1-5H3. The quantitative estimate of drug-likeness (QED) is 0.636. The van der Waals surface area contributed by atoms with Gasteiger partial charge in [-0.3, -0.25) is 14.8 Å². The maximum absolute atomic E-state index is 13.1. The van der Waals surface area contributed by atoms with Crippen molar-refractivity contribution in [2.45, 2.75) is 33.2 Å². The van der Waals surface area contributed by atoms with E-state index in [4.69, 9.17) is 14.5 Å². The number of fused-ring (bicyclic) bond motifs is 1. The summed E-state index contributed by atoms with van der Waals surface area (Å²) in [5.74, 6) is 1.24. The molecular weight excluding hydrogens is 380 g/mol. The van der Waals surface area contributed by atoms with Crippen LogP contribution in [0.5, 0.6) is 11.6 Å². The van der Waals surface area contributed by atoms with Crippen LogP contribution in [0.4, 0.5) is 5.69 Å². The van der Waals surface area contributed by atoms with Gasteiger partial charge in [-0.1, -0.05) is 13.8 Å². The molecule has 1 amide bonds. The summed E-state index contributed by atoms with van der Waals surface area (Å²) >= 11 is 0. The van der Waals surface area contributed by atoms with Gasteiger partial charge in [0.2, 0.25) is 0 Å². The maximum atomic E-state index is 13.1. The Labute approximate surface area is 175 Å². The van der Waals surface area contributed by atoms with E-state index in [2.05, 4.69) is 23.8 Å². The molecule has 4 rings (SSSR count). The van der Waals surface area contributed by atoms with Gasteiger partial charge >= 0.3 is 0 Å². The van der Waals surface area contributed by atoms with E-state index in [1.165, 1.54) is 0 Å². The third-order valence-electron chi connectivity index (χ3n) is 5.26. The predicted octanol–water partition coefficient (Wildman–Crippen LogP) is 4.15. The van der Waals surface area contributed by atoms with Crippen LogP contribution in [0.3, 0.4) is 0 Å². The van der Waals surface area contributed by atoms with E-state index < -0.39 is 0 Å². The molecule has 0 aliphatic carbocycles. The smallest absolute Gasteiger partial charge is 0.260 e. The highest BCUT2D eigenvalue weighted by atomic mass is 16.5. The molecule has 0 saturated carbocycles. The lowest BCUT2D eigenvalue weighted by molar-refractivity contribution is 0.0996. The second-order valence-electron chi connectivity index (χ2n) is 7.57. The van der Waals surface area contributed by atoms with Crippen LogP contribution in [-0.2, 0) is 6.54 Å². The Morgan fingerprint density at radius 3 is 2.50 bits per heavy atom. The van der Waals surface area contributed by atoms with Gasteiger partial charge in [-0.05, 0) is 42.7 Å². The first-order valence-corrected chi connectivity index (χ1v) is 9.79. The lowest BCUT2D eigenvalue weighted by Crippen LogP contribution is -2.23. The highest BCUT2D eigenvalue weighted by molar-refractivity contribution is 6.10. The average Bonchev–Trinajstić information content (AvgIpc) is 3.10. The molecule has 1 aliphatic rings. The number of amides is 1. The zero-order chi connectivity index (χ0) is 21.4. The van der Waals surface area contributed by atoms with E-state index in [1.807, 2.05) is 31.2 Å². The first kappa shape index (κ1) is 19.8. The van der Waals surface area contributed by atoms with Gasteiger partial charge in [0.15, 0.2) is 5.75 Å². The van der Waals surface area contributed by atoms with Gasteiger partial charge in [0, 0.05) is 17.5 Å². The molecule has 154 valence electrons. The number of methoxy groups -OCH3 is 2. The Balaban J connectivity index is 1.69. The first-order chi connectivity index (χ1) is 14.4. The fraction of sp³-hybridized carbons (Fsp3) is 0.304. The molecule has 7 nitrogen and oxygen atoms in total. The van der Waals surface area contributed by atoms with Crippen molar-refractivity contribution in [3.8, 4) is 22.9 Å². The van der Waals surface area contributed by atoms with Crippen molar-refractivity contribution in [1.82, 2.24) is 15.0 Å². The molecule has 0 N–H and O–H groups in total. The molecule has 4 heterocycles. The Bertz CT molecular complexity index is 1110. The summed E-state index contributed by atoms with van der Waals surface area (Å²) < 4.78 is 10.6. The highest BCUT2D eigenvalue weighted by Crippen LogP contribution is 2.34. The summed E-state index contributed by atoms with van der Waals surface area (Å²) in [5, 5.41) is 0. The van der Waals surface area contributed by atoms with Gasteiger partial charge in [0.05, 0.1) is 49.6 Å². The SMILES string of the molecule is COc1cc(-c2cc(C)c3c(n2)CN(c2ccc(C(C)C)nc2)C3=O)cnc1OC. The largest absolute Gasteiger partial charge is 0.491 e. The molecule has 0 fully saturated rings. The third-order valence-corrected chi connectivity index (χ3v) is 5.26. The van der Waals surface area contributed by atoms with Crippen molar-refractivity contribution in [1.29, 1.82) is 0 Å². The predicted molar refractivity (Wildman–Crippen MR) is 114 cm³/mol. The van der Waals surface area contributed by atoms with Crippen molar-refractivity contribution < 1.29 is 14.3 Å². The monoisotopic (exact) mass is 404 g/mol. The van der Waals surface area contributed by atoms with Crippen molar-refractivity contribution in [3.63, 3.8) is 0 Å². The van der Waals surface area contributed by atoms with Gasteiger partial charge in [0.1, 0.15) is 0 Å². The van der Waals surface area contributed by atoms with E-state index in [-0.39, 0.29) is 5.91 Å². The van der Waals surface area contributed by atoms with E-state index in [0.29, 0.717) is 29.7 Å². The topological polar surface area (TPSA) is 77.4 Å². The zero-order valence-electron chi connectivity index (χ0n) is 17.8. The van der Waals surface area contributed by atoms with Crippen LogP contribution in [-0.4, -0.2) is 35.1 Å². The normalized spacial score (nSPS) is 13.0.